The summed E-state index contributed by atoms with van der Waals surface area (Å²) in [5.41, 5.74) is 2.34. The van der Waals surface area contributed by atoms with E-state index in [1.807, 2.05) is 6.92 Å². The van der Waals surface area contributed by atoms with Gasteiger partial charge in [-0.2, -0.15) is 13.9 Å². The van der Waals surface area contributed by atoms with E-state index >= 15 is 0 Å². The summed E-state index contributed by atoms with van der Waals surface area (Å²) in [4.78, 5) is -0.394. The summed E-state index contributed by atoms with van der Waals surface area (Å²) in [7, 11) is -4.56. The lowest BCUT2D eigenvalue weighted by Crippen LogP contribution is -2.12. The van der Waals surface area contributed by atoms with E-state index in [9.17, 15) is 17.2 Å². The molecule has 0 unspecified atom stereocenters. The van der Waals surface area contributed by atoms with Crippen LogP contribution < -0.4 is 5.32 Å². The summed E-state index contributed by atoms with van der Waals surface area (Å²) in [6.45, 7) is 3.39. The molecule has 2 rings (SSSR count). The van der Waals surface area contributed by atoms with Crippen LogP contribution in [-0.2, 0) is 16.4 Å². The summed E-state index contributed by atoms with van der Waals surface area (Å²) in [6.07, 6.45) is 1.67. The van der Waals surface area contributed by atoms with Crippen molar-refractivity contribution in [2.24, 2.45) is 0 Å². The third-order valence-corrected chi connectivity index (χ3v) is 4.39. The fourth-order valence-corrected chi connectivity index (χ4v) is 2.59. The average Bonchev–Trinajstić information content (AvgIpc) is 2.93. The van der Waals surface area contributed by atoms with Crippen LogP contribution in [0.5, 0.6) is 0 Å². The summed E-state index contributed by atoms with van der Waals surface area (Å²) in [6, 6.07) is 5.32. The van der Waals surface area contributed by atoms with Gasteiger partial charge in [0.15, 0.2) is 0 Å². The molecular weight excluding hydrogens is 300 g/mol. The van der Waals surface area contributed by atoms with Crippen LogP contribution >= 0.6 is 0 Å². The Balaban J connectivity index is 2.30. The van der Waals surface area contributed by atoms with Gasteiger partial charge in [-0.15, -0.1) is 0 Å². The number of aromatic nitrogens is 2. The molecule has 5 nitrogen and oxygen atoms in total. The van der Waals surface area contributed by atoms with E-state index in [1.54, 1.807) is 6.20 Å². The first-order valence-corrected chi connectivity index (χ1v) is 7.87. The first kappa shape index (κ1) is 15.6. The van der Waals surface area contributed by atoms with E-state index in [1.165, 1.54) is 24.3 Å². The van der Waals surface area contributed by atoms with Crippen molar-refractivity contribution in [2.75, 3.05) is 6.54 Å². The number of alkyl halides is 2. The molecule has 0 aliphatic rings. The number of hydrogen-bond donors (Lipinski definition) is 2. The van der Waals surface area contributed by atoms with Crippen molar-refractivity contribution in [3.63, 3.8) is 0 Å². The lowest BCUT2D eigenvalue weighted by molar-refractivity contribution is 0.234. The first-order chi connectivity index (χ1) is 9.96. The Labute approximate surface area is 121 Å². The molecule has 8 heteroatoms. The highest BCUT2D eigenvalue weighted by atomic mass is 32.2. The fraction of sp³-hybridized carbons (Fsp3) is 0.308. The average molecular weight is 315 g/mol. The van der Waals surface area contributed by atoms with Crippen molar-refractivity contribution >= 4 is 9.84 Å². The van der Waals surface area contributed by atoms with Crippen molar-refractivity contribution in [2.45, 2.75) is 24.1 Å². The molecule has 21 heavy (non-hydrogen) atoms. The highest BCUT2D eigenvalue weighted by Crippen LogP contribution is 2.24. The number of aromatic amines is 1. The summed E-state index contributed by atoms with van der Waals surface area (Å²) in [5.74, 6) is -3.42. The molecule has 2 N–H and O–H groups in total. The van der Waals surface area contributed by atoms with E-state index in [4.69, 9.17) is 0 Å². The van der Waals surface area contributed by atoms with Crippen LogP contribution in [0.2, 0.25) is 0 Å². The third kappa shape index (κ3) is 3.27. The Kier molecular flexibility index (Phi) is 4.69. The van der Waals surface area contributed by atoms with Gasteiger partial charge >= 0.3 is 5.76 Å². The molecular formula is C13H15F2N3O2S. The fourth-order valence-electron chi connectivity index (χ4n) is 1.87. The number of benzene rings is 1. The van der Waals surface area contributed by atoms with Gasteiger partial charge in [0.05, 0.1) is 16.8 Å². The van der Waals surface area contributed by atoms with Crippen molar-refractivity contribution in [3.05, 3.63) is 36.0 Å². The van der Waals surface area contributed by atoms with Crippen molar-refractivity contribution < 1.29 is 17.2 Å². The zero-order valence-corrected chi connectivity index (χ0v) is 12.1. The molecule has 0 bridgehead atoms. The highest BCUT2D eigenvalue weighted by molar-refractivity contribution is 7.91. The molecule has 1 heterocycles. The van der Waals surface area contributed by atoms with Crippen molar-refractivity contribution in [1.29, 1.82) is 0 Å². The Bertz CT molecular complexity index is 696. The smallest absolute Gasteiger partial charge is 0.313 e. The Morgan fingerprint density at radius 2 is 1.95 bits per heavy atom. The van der Waals surface area contributed by atoms with Gasteiger partial charge in [-0.05, 0) is 24.2 Å². The maximum absolute atomic E-state index is 12.5. The topological polar surface area (TPSA) is 74.8 Å². The number of nitrogens with one attached hydrogen (secondary N) is 2. The van der Waals surface area contributed by atoms with E-state index < -0.39 is 20.5 Å². The maximum atomic E-state index is 12.5. The minimum absolute atomic E-state index is 0.394. The number of hydrogen-bond acceptors (Lipinski definition) is 4. The van der Waals surface area contributed by atoms with E-state index in [2.05, 4.69) is 15.5 Å². The van der Waals surface area contributed by atoms with Crippen molar-refractivity contribution in [3.8, 4) is 11.3 Å². The lowest BCUT2D eigenvalue weighted by Gasteiger charge is -2.06. The molecule has 0 radical (unpaired) electrons. The monoisotopic (exact) mass is 315 g/mol. The molecule has 2 aromatic rings. The van der Waals surface area contributed by atoms with E-state index in [0.717, 1.165) is 17.8 Å². The molecule has 0 amide bonds. The maximum Gasteiger partial charge on any atom is 0.341 e. The van der Waals surface area contributed by atoms with Gasteiger partial charge in [0.1, 0.15) is 0 Å². The predicted octanol–water partition coefficient (Wildman–Crippen LogP) is 2.18. The minimum Gasteiger partial charge on any atom is -0.313 e. The standard InChI is InChI=1S/C13H15F2N3O2S/c1-2-16-7-10-8-17-18-12(10)9-3-5-11(6-4-9)21(19,20)13(14)15/h3-6,8,13,16H,2,7H2,1H3,(H,17,18). The second-order valence-electron chi connectivity index (χ2n) is 4.38. The SMILES string of the molecule is CCNCc1cn[nH]c1-c1ccc(S(=O)(=O)C(F)F)cc1. The van der Waals surface area contributed by atoms with Crippen molar-refractivity contribution in [1.82, 2.24) is 15.5 Å². The molecule has 0 saturated heterocycles. The van der Waals surface area contributed by atoms with Gasteiger partial charge in [-0.25, -0.2) is 8.42 Å². The zero-order chi connectivity index (χ0) is 15.5. The first-order valence-electron chi connectivity index (χ1n) is 6.32. The summed E-state index contributed by atoms with van der Waals surface area (Å²) >= 11 is 0. The normalized spacial score (nSPS) is 12.0. The molecule has 0 spiro atoms. The molecule has 0 atom stereocenters. The Morgan fingerprint density at radius 3 is 2.52 bits per heavy atom. The van der Waals surface area contributed by atoms with Gasteiger partial charge in [0, 0.05) is 12.1 Å². The van der Waals surface area contributed by atoms with E-state index in [0.29, 0.717) is 12.1 Å². The molecule has 1 aromatic heterocycles. The number of sulfone groups is 1. The molecule has 0 aliphatic heterocycles. The quantitative estimate of drug-likeness (QED) is 0.857. The van der Waals surface area contributed by atoms with Crippen LogP contribution in [0.3, 0.4) is 0 Å². The van der Waals surface area contributed by atoms with E-state index in [-0.39, 0.29) is 0 Å². The number of halogens is 2. The van der Waals surface area contributed by atoms with Gasteiger partial charge in [0.2, 0.25) is 9.84 Å². The number of nitrogens with zero attached hydrogens (tertiary/aromatic N) is 1. The van der Waals surface area contributed by atoms with Crippen LogP contribution in [0, 0.1) is 0 Å². The zero-order valence-electron chi connectivity index (χ0n) is 11.3. The lowest BCUT2D eigenvalue weighted by atomic mass is 10.1. The number of rotatable bonds is 6. The second-order valence-corrected chi connectivity index (χ2v) is 6.30. The second kappa shape index (κ2) is 6.31. The highest BCUT2D eigenvalue weighted by Gasteiger charge is 2.26. The minimum atomic E-state index is -4.56. The molecule has 1 aromatic carbocycles. The van der Waals surface area contributed by atoms with Crippen LogP contribution in [0.25, 0.3) is 11.3 Å². The van der Waals surface area contributed by atoms with Crippen LogP contribution in [-0.4, -0.2) is 30.9 Å². The van der Waals surface area contributed by atoms with Crippen LogP contribution in [0.4, 0.5) is 8.78 Å². The van der Waals surface area contributed by atoms with Crippen LogP contribution in [0.15, 0.2) is 35.4 Å². The third-order valence-electron chi connectivity index (χ3n) is 2.99. The Morgan fingerprint density at radius 1 is 1.29 bits per heavy atom. The molecule has 0 aliphatic carbocycles. The molecule has 114 valence electrons. The Hall–Kier alpha value is -1.80. The van der Waals surface area contributed by atoms with Gasteiger partial charge in [-0.1, -0.05) is 19.1 Å². The molecule has 0 fully saturated rings. The number of H-pyrrole nitrogens is 1. The largest absolute Gasteiger partial charge is 0.341 e. The predicted molar refractivity (Wildman–Crippen MR) is 74.6 cm³/mol. The summed E-state index contributed by atoms with van der Waals surface area (Å²) < 4.78 is 47.6. The van der Waals surface area contributed by atoms with Gasteiger partial charge in [0.25, 0.3) is 0 Å². The molecule has 0 saturated carbocycles. The van der Waals surface area contributed by atoms with Gasteiger partial charge < -0.3 is 5.32 Å². The van der Waals surface area contributed by atoms with Crippen LogP contribution in [0.1, 0.15) is 12.5 Å². The van der Waals surface area contributed by atoms with Gasteiger partial charge in [-0.3, -0.25) is 5.10 Å². The summed E-state index contributed by atoms with van der Waals surface area (Å²) in [5, 5.41) is 9.93.